The van der Waals surface area contributed by atoms with Gasteiger partial charge in [-0.15, -0.1) is 0 Å². The van der Waals surface area contributed by atoms with Crippen LogP contribution in [0.15, 0.2) is 30.4 Å². The van der Waals surface area contributed by atoms with Gasteiger partial charge in [-0.1, -0.05) is 18.2 Å². The van der Waals surface area contributed by atoms with Gasteiger partial charge in [-0.2, -0.15) is 0 Å². The summed E-state index contributed by atoms with van der Waals surface area (Å²) >= 11 is 0. The monoisotopic (exact) mass is 316 g/mol. The third-order valence-electron chi connectivity index (χ3n) is 4.22. The van der Waals surface area contributed by atoms with Crippen LogP contribution in [0, 0.1) is 11.8 Å². The van der Waals surface area contributed by atoms with Crippen molar-refractivity contribution >= 4 is 11.9 Å². The van der Waals surface area contributed by atoms with Crippen molar-refractivity contribution in [3.05, 3.63) is 35.9 Å². The molecule has 1 aliphatic heterocycles. The molecule has 1 aromatic rings. The summed E-state index contributed by atoms with van der Waals surface area (Å²) < 4.78 is 10.6. The van der Waals surface area contributed by atoms with E-state index in [1.807, 2.05) is 24.3 Å². The van der Waals surface area contributed by atoms with E-state index in [0.717, 1.165) is 11.3 Å². The Hall–Kier alpha value is -2.50. The molecule has 0 radical (unpaired) electrons. The highest BCUT2D eigenvalue weighted by atomic mass is 16.7. The number of hydrogen-bond acceptors (Lipinski definition) is 5. The fourth-order valence-corrected chi connectivity index (χ4v) is 2.92. The zero-order valence-electron chi connectivity index (χ0n) is 12.6. The number of carbonyl (C=O) groups is 2. The minimum atomic E-state index is -1.16. The number of allylic oxidation sites excluding steroid dienone is 2. The predicted octanol–water partition coefficient (Wildman–Crippen LogP) is 0.406. The number of amides is 1. The molecule has 1 heterocycles. The highest BCUT2D eigenvalue weighted by molar-refractivity contribution is 5.84. The van der Waals surface area contributed by atoms with E-state index in [0.29, 0.717) is 31.6 Å². The van der Waals surface area contributed by atoms with Gasteiger partial charge in [-0.25, -0.2) is 0 Å². The summed E-state index contributed by atoms with van der Waals surface area (Å²) in [7, 11) is 0. The Morgan fingerprint density at radius 2 is 1.87 bits per heavy atom. The first-order valence-electron chi connectivity index (χ1n) is 7.67. The maximum Gasteiger partial charge on any atom is 0.231 e. The Bertz CT molecular complexity index is 640. The molecular formula is C17H18NO5-. The lowest BCUT2D eigenvalue weighted by Gasteiger charge is -2.28. The van der Waals surface area contributed by atoms with Crippen LogP contribution in [0.3, 0.4) is 0 Å². The van der Waals surface area contributed by atoms with E-state index in [2.05, 4.69) is 5.32 Å². The van der Waals surface area contributed by atoms with Crippen LogP contribution in [0.1, 0.15) is 18.4 Å². The van der Waals surface area contributed by atoms with Crippen LogP contribution in [0.5, 0.6) is 11.5 Å². The SMILES string of the molecule is O=C([O-])[C@@H]1CC=CC[C@H]1C(=O)NCCc1ccc2c(c1)OCO2. The number of fused-ring (bicyclic) bond motifs is 1. The number of carboxylic acids is 1. The van der Waals surface area contributed by atoms with Gasteiger partial charge in [-0.3, -0.25) is 4.79 Å². The van der Waals surface area contributed by atoms with Crippen LogP contribution >= 0.6 is 0 Å². The van der Waals surface area contributed by atoms with Gasteiger partial charge in [0.25, 0.3) is 0 Å². The second-order valence-electron chi connectivity index (χ2n) is 5.70. The molecule has 0 spiro atoms. The molecule has 0 saturated carbocycles. The van der Waals surface area contributed by atoms with Crippen LogP contribution in [0.25, 0.3) is 0 Å². The van der Waals surface area contributed by atoms with Gasteiger partial charge in [0, 0.05) is 24.3 Å². The topological polar surface area (TPSA) is 87.7 Å². The summed E-state index contributed by atoms with van der Waals surface area (Å²) in [5.41, 5.74) is 1.02. The number of rotatable bonds is 5. The first kappa shape index (κ1) is 15.4. The van der Waals surface area contributed by atoms with Gasteiger partial charge >= 0.3 is 0 Å². The molecule has 0 unspecified atom stereocenters. The molecule has 1 N–H and O–H groups in total. The summed E-state index contributed by atoms with van der Waals surface area (Å²) in [6.07, 6.45) is 5.07. The molecule has 0 fully saturated rings. The largest absolute Gasteiger partial charge is 0.550 e. The van der Waals surface area contributed by atoms with Crippen LogP contribution in [-0.4, -0.2) is 25.2 Å². The van der Waals surface area contributed by atoms with Crippen molar-refractivity contribution < 1.29 is 24.2 Å². The minimum Gasteiger partial charge on any atom is -0.550 e. The van der Waals surface area contributed by atoms with E-state index in [9.17, 15) is 14.7 Å². The van der Waals surface area contributed by atoms with Gasteiger partial charge in [0.05, 0.1) is 0 Å². The fraction of sp³-hybridized carbons (Fsp3) is 0.412. The third kappa shape index (κ3) is 3.47. The lowest BCUT2D eigenvalue weighted by atomic mass is 9.82. The lowest BCUT2D eigenvalue weighted by Crippen LogP contribution is -2.44. The van der Waals surface area contributed by atoms with E-state index in [4.69, 9.17) is 9.47 Å². The van der Waals surface area contributed by atoms with Crippen molar-refractivity contribution in [2.45, 2.75) is 19.3 Å². The first-order chi connectivity index (χ1) is 11.1. The standard InChI is InChI=1S/C17H19NO5/c19-16(12-3-1-2-4-13(12)17(20)21)18-8-7-11-5-6-14-15(9-11)23-10-22-14/h1-2,5-6,9,12-13H,3-4,7-8,10H2,(H,18,19)(H,20,21)/p-1/t12-,13-/m1/s1. The van der Waals surface area contributed by atoms with Crippen molar-refractivity contribution in [1.82, 2.24) is 5.32 Å². The van der Waals surface area contributed by atoms with Gasteiger partial charge < -0.3 is 24.7 Å². The molecule has 6 heteroatoms. The molecular weight excluding hydrogens is 298 g/mol. The van der Waals surface area contributed by atoms with Gasteiger partial charge in [0.15, 0.2) is 11.5 Å². The second kappa shape index (κ2) is 6.73. The molecule has 3 rings (SSSR count). The van der Waals surface area contributed by atoms with Crippen molar-refractivity contribution in [3.8, 4) is 11.5 Å². The molecule has 0 aromatic heterocycles. The zero-order chi connectivity index (χ0) is 16.2. The normalized spacial score (nSPS) is 21.9. The molecule has 2 aliphatic rings. The number of benzene rings is 1. The quantitative estimate of drug-likeness (QED) is 0.795. The Morgan fingerprint density at radius 3 is 2.65 bits per heavy atom. The van der Waals surface area contributed by atoms with Crippen LogP contribution < -0.4 is 19.9 Å². The van der Waals surface area contributed by atoms with Crippen LogP contribution in [-0.2, 0) is 16.0 Å². The number of ether oxygens (including phenoxy) is 2. The number of carboxylic acid groups (broad SMARTS) is 1. The lowest BCUT2D eigenvalue weighted by molar-refractivity contribution is -0.313. The van der Waals surface area contributed by atoms with Crippen molar-refractivity contribution in [3.63, 3.8) is 0 Å². The molecule has 23 heavy (non-hydrogen) atoms. The Morgan fingerprint density at radius 1 is 1.13 bits per heavy atom. The van der Waals surface area contributed by atoms with Crippen molar-refractivity contribution in [2.24, 2.45) is 11.8 Å². The third-order valence-corrected chi connectivity index (χ3v) is 4.22. The molecule has 0 saturated heterocycles. The maximum atomic E-state index is 12.2. The smallest absolute Gasteiger partial charge is 0.231 e. The Labute approximate surface area is 134 Å². The summed E-state index contributed by atoms with van der Waals surface area (Å²) in [5.74, 6) is -1.26. The molecule has 2 atom stereocenters. The van der Waals surface area contributed by atoms with Gasteiger partial charge in [0.2, 0.25) is 12.7 Å². The Kier molecular flexibility index (Phi) is 4.50. The van der Waals surface area contributed by atoms with E-state index in [1.165, 1.54) is 0 Å². The highest BCUT2D eigenvalue weighted by Crippen LogP contribution is 2.32. The average molecular weight is 316 g/mol. The summed E-state index contributed by atoms with van der Waals surface area (Å²) in [6, 6.07) is 5.66. The predicted molar refractivity (Wildman–Crippen MR) is 79.6 cm³/mol. The second-order valence-corrected chi connectivity index (χ2v) is 5.70. The van der Waals surface area contributed by atoms with E-state index in [1.54, 1.807) is 6.08 Å². The van der Waals surface area contributed by atoms with Crippen molar-refractivity contribution in [2.75, 3.05) is 13.3 Å². The van der Waals surface area contributed by atoms with E-state index in [-0.39, 0.29) is 12.7 Å². The maximum absolute atomic E-state index is 12.2. The summed E-state index contributed by atoms with van der Waals surface area (Å²) in [4.78, 5) is 23.3. The van der Waals surface area contributed by atoms with Gasteiger partial charge in [0.1, 0.15) is 0 Å². The van der Waals surface area contributed by atoms with Crippen LogP contribution in [0.2, 0.25) is 0 Å². The summed E-state index contributed by atoms with van der Waals surface area (Å²) in [5, 5.41) is 13.9. The molecule has 1 aliphatic carbocycles. The van der Waals surface area contributed by atoms with Crippen LogP contribution in [0.4, 0.5) is 0 Å². The Balaban J connectivity index is 1.53. The number of nitrogens with one attached hydrogen (secondary N) is 1. The molecule has 122 valence electrons. The number of carbonyl (C=O) groups excluding carboxylic acids is 2. The fourth-order valence-electron chi connectivity index (χ4n) is 2.92. The summed E-state index contributed by atoms with van der Waals surface area (Å²) in [6.45, 7) is 0.674. The molecule has 1 aromatic carbocycles. The minimum absolute atomic E-state index is 0.231. The zero-order valence-corrected chi connectivity index (χ0v) is 12.6. The van der Waals surface area contributed by atoms with Gasteiger partial charge in [-0.05, 0) is 37.0 Å². The van der Waals surface area contributed by atoms with Crippen molar-refractivity contribution in [1.29, 1.82) is 0 Å². The first-order valence-corrected chi connectivity index (χ1v) is 7.67. The highest BCUT2D eigenvalue weighted by Gasteiger charge is 2.29. The molecule has 0 bridgehead atoms. The van der Waals surface area contributed by atoms with E-state index >= 15 is 0 Å². The average Bonchev–Trinajstić information content (AvgIpc) is 3.02. The van der Waals surface area contributed by atoms with E-state index < -0.39 is 17.8 Å². The number of aliphatic carboxylic acids is 1. The molecule has 6 nitrogen and oxygen atoms in total. The molecule has 1 amide bonds. The number of hydrogen-bond donors (Lipinski definition) is 1.